The van der Waals surface area contributed by atoms with Gasteiger partial charge in [0.25, 0.3) is 0 Å². The normalized spacial score (nSPS) is 11.5. The van der Waals surface area contributed by atoms with Gasteiger partial charge in [-0.2, -0.15) is 13.2 Å². The fourth-order valence-corrected chi connectivity index (χ4v) is 1.82. The molecule has 0 fully saturated rings. The summed E-state index contributed by atoms with van der Waals surface area (Å²) in [5.74, 6) is -3.06. The topological polar surface area (TPSA) is 17.1 Å². The number of benzene rings is 2. The largest absolute Gasteiger partial charge is 0.416 e. The molecule has 1 nitrogen and oxygen atoms in total. The molecule has 0 spiro atoms. The van der Waals surface area contributed by atoms with Crippen molar-refractivity contribution < 1.29 is 26.7 Å². The van der Waals surface area contributed by atoms with Crippen LogP contribution in [0.1, 0.15) is 27.0 Å². The number of carbonyl (C=O) groups is 1. The highest BCUT2D eigenvalue weighted by Gasteiger charge is 2.30. The molecule has 110 valence electrons. The number of hydrogen-bond acceptors (Lipinski definition) is 1. The summed E-state index contributed by atoms with van der Waals surface area (Å²) in [6.45, 7) is 1.36. The molecule has 0 heterocycles. The average Bonchev–Trinajstić information content (AvgIpc) is 2.42. The van der Waals surface area contributed by atoms with Crippen LogP contribution in [0.15, 0.2) is 36.4 Å². The third kappa shape index (κ3) is 2.94. The average molecular weight is 300 g/mol. The first-order valence-corrected chi connectivity index (χ1v) is 5.88. The van der Waals surface area contributed by atoms with E-state index in [0.717, 1.165) is 18.2 Å². The van der Waals surface area contributed by atoms with Gasteiger partial charge in [-0.25, -0.2) is 8.78 Å². The second-order valence-electron chi connectivity index (χ2n) is 4.46. The van der Waals surface area contributed by atoms with Crippen molar-refractivity contribution >= 4 is 5.78 Å². The second-order valence-corrected chi connectivity index (χ2v) is 4.46. The summed E-state index contributed by atoms with van der Waals surface area (Å²) in [6, 6.07) is 5.29. The number of ketones is 1. The third-order valence-corrected chi connectivity index (χ3v) is 2.99. The van der Waals surface area contributed by atoms with Gasteiger partial charge in [-0.05, 0) is 30.7 Å². The maximum atomic E-state index is 13.8. The molecular formula is C15H9F5O. The zero-order valence-electron chi connectivity index (χ0n) is 10.8. The van der Waals surface area contributed by atoms with Gasteiger partial charge in [0.1, 0.15) is 11.6 Å². The van der Waals surface area contributed by atoms with E-state index in [4.69, 9.17) is 0 Å². The quantitative estimate of drug-likeness (QED) is 0.588. The van der Waals surface area contributed by atoms with E-state index in [1.807, 2.05) is 0 Å². The van der Waals surface area contributed by atoms with Crippen molar-refractivity contribution in [1.29, 1.82) is 0 Å². The first kappa shape index (κ1) is 15.2. The van der Waals surface area contributed by atoms with Crippen LogP contribution in [0, 0.1) is 18.6 Å². The van der Waals surface area contributed by atoms with Crippen LogP contribution in [0.2, 0.25) is 0 Å². The molecule has 0 aliphatic rings. The Hall–Kier alpha value is -2.24. The van der Waals surface area contributed by atoms with E-state index in [1.165, 1.54) is 13.0 Å². The molecule has 21 heavy (non-hydrogen) atoms. The Labute approximate surface area is 117 Å². The molecule has 0 radical (unpaired) electrons. The molecule has 2 aromatic rings. The lowest BCUT2D eigenvalue weighted by molar-refractivity contribution is -0.137. The molecule has 0 aliphatic heterocycles. The van der Waals surface area contributed by atoms with Crippen molar-refractivity contribution in [3.8, 4) is 0 Å². The lowest BCUT2D eigenvalue weighted by atomic mass is 9.99. The molecule has 6 heteroatoms. The fraction of sp³-hybridized carbons (Fsp3) is 0.133. The standard InChI is InChI=1S/C15H9F5O/c1-8-2-7-11(16)12(13(8)17)14(21)9-3-5-10(6-4-9)15(18,19)20/h2-7H,1H3. The molecule has 0 saturated carbocycles. The van der Waals surface area contributed by atoms with E-state index in [-0.39, 0.29) is 11.1 Å². The number of halogens is 5. The smallest absolute Gasteiger partial charge is 0.288 e. The van der Waals surface area contributed by atoms with Gasteiger partial charge in [0.15, 0.2) is 5.78 Å². The lowest BCUT2D eigenvalue weighted by Crippen LogP contribution is -2.10. The Balaban J connectivity index is 2.44. The Kier molecular flexibility index (Phi) is 3.80. The second kappa shape index (κ2) is 5.27. The van der Waals surface area contributed by atoms with Gasteiger partial charge in [0, 0.05) is 5.56 Å². The monoisotopic (exact) mass is 300 g/mol. The molecule has 0 saturated heterocycles. The van der Waals surface area contributed by atoms with Crippen molar-refractivity contribution in [2.24, 2.45) is 0 Å². The van der Waals surface area contributed by atoms with E-state index < -0.39 is 34.7 Å². The summed E-state index contributed by atoms with van der Waals surface area (Å²) in [7, 11) is 0. The summed E-state index contributed by atoms with van der Waals surface area (Å²) < 4.78 is 64.7. The molecule has 0 unspecified atom stereocenters. The minimum Gasteiger partial charge on any atom is -0.288 e. The lowest BCUT2D eigenvalue weighted by Gasteiger charge is -2.09. The molecule has 0 aliphatic carbocycles. The molecule has 2 aromatic carbocycles. The van der Waals surface area contributed by atoms with Crippen LogP contribution in [0.4, 0.5) is 22.0 Å². The molecule has 0 amide bonds. The number of rotatable bonds is 2. The minimum atomic E-state index is -4.54. The first-order valence-electron chi connectivity index (χ1n) is 5.88. The van der Waals surface area contributed by atoms with Crippen LogP contribution in [-0.2, 0) is 6.18 Å². The summed E-state index contributed by atoms with van der Waals surface area (Å²) in [5, 5.41) is 0. The summed E-state index contributed by atoms with van der Waals surface area (Å²) in [5.41, 5.74) is -1.85. The third-order valence-electron chi connectivity index (χ3n) is 2.99. The van der Waals surface area contributed by atoms with E-state index in [0.29, 0.717) is 12.1 Å². The molecule has 0 N–H and O–H groups in total. The Morgan fingerprint density at radius 1 is 0.952 bits per heavy atom. The fourth-order valence-electron chi connectivity index (χ4n) is 1.82. The molecule has 2 rings (SSSR count). The van der Waals surface area contributed by atoms with Gasteiger partial charge < -0.3 is 0 Å². The van der Waals surface area contributed by atoms with E-state index in [1.54, 1.807) is 0 Å². The van der Waals surface area contributed by atoms with Crippen LogP contribution in [0.25, 0.3) is 0 Å². The van der Waals surface area contributed by atoms with Gasteiger partial charge in [-0.15, -0.1) is 0 Å². The van der Waals surface area contributed by atoms with Gasteiger partial charge >= 0.3 is 6.18 Å². The SMILES string of the molecule is Cc1ccc(F)c(C(=O)c2ccc(C(F)(F)F)cc2)c1F. The van der Waals surface area contributed by atoms with Gasteiger partial charge in [0.2, 0.25) is 0 Å². The van der Waals surface area contributed by atoms with Crippen molar-refractivity contribution in [2.45, 2.75) is 13.1 Å². The van der Waals surface area contributed by atoms with Crippen LogP contribution in [-0.4, -0.2) is 5.78 Å². The zero-order chi connectivity index (χ0) is 15.8. The van der Waals surface area contributed by atoms with Crippen molar-refractivity contribution in [2.75, 3.05) is 0 Å². The van der Waals surface area contributed by atoms with Crippen molar-refractivity contribution in [3.05, 3.63) is 70.3 Å². The Morgan fingerprint density at radius 3 is 2.05 bits per heavy atom. The van der Waals surface area contributed by atoms with Gasteiger partial charge in [-0.3, -0.25) is 4.79 Å². The van der Waals surface area contributed by atoms with Gasteiger partial charge in [0.05, 0.1) is 11.1 Å². The van der Waals surface area contributed by atoms with E-state index >= 15 is 0 Å². The highest BCUT2D eigenvalue weighted by Crippen LogP contribution is 2.29. The predicted octanol–water partition coefficient (Wildman–Crippen LogP) is 4.52. The van der Waals surface area contributed by atoms with Crippen LogP contribution in [0.3, 0.4) is 0 Å². The highest BCUT2D eigenvalue weighted by atomic mass is 19.4. The molecule has 0 atom stereocenters. The van der Waals surface area contributed by atoms with Crippen molar-refractivity contribution in [1.82, 2.24) is 0 Å². The molecular weight excluding hydrogens is 291 g/mol. The molecule has 0 aromatic heterocycles. The molecule has 0 bridgehead atoms. The number of aryl methyl sites for hydroxylation is 1. The predicted molar refractivity (Wildman–Crippen MR) is 66.0 cm³/mol. The highest BCUT2D eigenvalue weighted by molar-refractivity contribution is 6.09. The van der Waals surface area contributed by atoms with E-state index in [9.17, 15) is 26.7 Å². The van der Waals surface area contributed by atoms with Crippen molar-refractivity contribution in [3.63, 3.8) is 0 Å². The number of hydrogen-bond donors (Lipinski definition) is 0. The Bertz CT molecular complexity index is 686. The van der Waals surface area contributed by atoms with Crippen LogP contribution < -0.4 is 0 Å². The van der Waals surface area contributed by atoms with Gasteiger partial charge in [-0.1, -0.05) is 18.2 Å². The summed E-state index contributed by atoms with van der Waals surface area (Å²) in [6.07, 6.45) is -4.54. The first-order chi connectivity index (χ1) is 9.71. The summed E-state index contributed by atoms with van der Waals surface area (Å²) in [4.78, 5) is 12.0. The van der Waals surface area contributed by atoms with Crippen LogP contribution >= 0.6 is 0 Å². The van der Waals surface area contributed by atoms with Crippen LogP contribution in [0.5, 0.6) is 0 Å². The summed E-state index contributed by atoms with van der Waals surface area (Å²) >= 11 is 0. The number of carbonyl (C=O) groups excluding carboxylic acids is 1. The Morgan fingerprint density at radius 2 is 1.52 bits per heavy atom. The zero-order valence-corrected chi connectivity index (χ0v) is 10.8. The maximum Gasteiger partial charge on any atom is 0.416 e. The van der Waals surface area contributed by atoms with E-state index in [2.05, 4.69) is 0 Å². The minimum absolute atomic E-state index is 0.0756. The maximum absolute atomic E-state index is 13.8. The number of alkyl halides is 3.